The molecule has 0 aliphatic heterocycles. The van der Waals surface area contributed by atoms with Gasteiger partial charge in [-0.05, 0) is 13.0 Å². The van der Waals surface area contributed by atoms with Crippen LogP contribution in [0.5, 0.6) is 0 Å². The Hall–Kier alpha value is -1.69. The van der Waals surface area contributed by atoms with Crippen molar-refractivity contribution in [2.24, 2.45) is 7.05 Å². The standard InChI is InChI=1S/C10H15N5O/c1-8(9-3-6-13-15(9)2)11-5-4-10-12-7-14-16-10/h3,6-8,11H,4-5H2,1-2H3. The molecule has 0 aliphatic carbocycles. The van der Waals surface area contributed by atoms with Gasteiger partial charge in [0.05, 0.1) is 5.69 Å². The van der Waals surface area contributed by atoms with Gasteiger partial charge >= 0.3 is 0 Å². The van der Waals surface area contributed by atoms with Crippen molar-refractivity contribution in [3.05, 3.63) is 30.2 Å². The van der Waals surface area contributed by atoms with Crippen molar-refractivity contribution in [1.82, 2.24) is 25.2 Å². The summed E-state index contributed by atoms with van der Waals surface area (Å²) in [4.78, 5) is 3.96. The van der Waals surface area contributed by atoms with Crippen molar-refractivity contribution in [3.8, 4) is 0 Å². The molecule has 0 aromatic carbocycles. The minimum absolute atomic E-state index is 0.260. The smallest absolute Gasteiger partial charge is 0.227 e. The fourth-order valence-corrected chi connectivity index (χ4v) is 1.62. The van der Waals surface area contributed by atoms with Crippen LogP contribution in [0.1, 0.15) is 24.6 Å². The Morgan fingerprint density at radius 3 is 3.06 bits per heavy atom. The van der Waals surface area contributed by atoms with E-state index in [1.165, 1.54) is 6.33 Å². The molecule has 16 heavy (non-hydrogen) atoms. The average molecular weight is 221 g/mol. The molecule has 2 aromatic heterocycles. The third kappa shape index (κ3) is 2.46. The maximum atomic E-state index is 4.91. The SMILES string of the molecule is CC(NCCc1ncno1)c1ccnn1C. The molecule has 2 heterocycles. The first-order valence-corrected chi connectivity index (χ1v) is 5.24. The summed E-state index contributed by atoms with van der Waals surface area (Å²) >= 11 is 0. The van der Waals surface area contributed by atoms with Gasteiger partial charge in [-0.2, -0.15) is 10.1 Å². The molecular formula is C10H15N5O. The molecule has 2 aromatic rings. The molecule has 1 unspecified atom stereocenters. The molecule has 6 nitrogen and oxygen atoms in total. The molecule has 1 N–H and O–H groups in total. The molecule has 0 saturated heterocycles. The number of rotatable bonds is 5. The van der Waals surface area contributed by atoms with E-state index in [0.717, 1.165) is 18.7 Å². The Bertz CT molecular complexity index is 422. The van der Waals surface area contributed by atoms with Gasteiger partial charge in [0.15, 0.2) is 6.33 Å². The fraction of sp³-hybridized carbons (Fsp3) is 0.500. The maximum absolute atomic E-state index is 4.91. The van der Waals surface area contributed by atoms with Crippen LogP contribution in [-0.2, 0) is 13.5 Å². The van der Waals surface area contributed by atoms with Gasteiger partial charge in [0.1, 0.15) is 0 Å². The normalized spacial score (nSPS) is 12.9. The lowest BCUT2D eigenvalue weighted by Gasteiger charge is -2.13. The summed E-state index contributed by atoms with van der Waals surface area (Å²) in [5.74, 6) is 0.657. The lowest BCUT2D eigenvalue weighted by Crippen LogP contribution is -2.23. The maximum Gasteiger partial charge on any atom is 0.227 e. The zero-order valence-electron chi connectivity index (χ0n) is 9.42. The van der Waals surface area contributed by atoms with Crippen LogP contribution in [0.3, 0.4) is 0 Å². The van der Waals surface area contributed by atoms with E-state index in [9.17, 15) is 0 Å². The van der Waals surface area contributed by atoms with Gasteiger partial charge in [-0.25, -0.2) is 0 Å². The van der Waals surface area contributed by atoms with Crippen molar-refractivity contribution in [1.29, 1.82) is 0 Å². The van der Waals surface area contributed by atoms with E-state index in [0.29, 0.717) is 5.89 Å². The molecule has 6 heteroatoms. The van der Waals surface area contributed by atoms with Gasteiger partial charge in [0.25, 0.3) is 0 Å². The van der Waals surface area contributed by atoms with E-state index in [4.69, 9.17) is 4.52 Å². The molecule has 0 spiro atoms. The van der Waals surface area contributed by atoms with Crippen LogP contribution in [0.15, 0.2) is 23.1 Å². The molecule has 0 aliphatic rings. The second kappa shape index (κ2) is 4.89. The molecule has 0 radical (unpaired) electrons. The summed E-state index contributed by atoms with van der Waals surface area (Å²) in [5, 5.41) is 11.1. The molecule has 2 rings (SSSR count). The van der Waals surface area contributed by atoms with Crippen LogP contribution in [0.25, 0.3) is 0 Å². The van der Waals surface area contributed by atoms with E-state index in [1.807, 2.05) is 17.8 Å². The van der Waals surface area contributed by atoms with Crippen molar-refractivity contribution in [2.45, 2.75) is 19.4 Å². The quantitative estimate of drug-likeness (QED) is 0.804. The third-order valence-electron chi connectivity index (χ3n) is 2.50. The average Bonchev–Trinajstić information content (AvgIpc) is 2.88. The highest BCUT2D eigenvalue weighted by Crippen LogP contribution is 2.09. The highest BCUT2D eigenvalue weighted by atomic mass is 16.5. The molecule has 0 saturated carbocycles. The monoisotopic (exact) mass is 221 g/mol. The Labute approximate surface area is 93.7 Å². The van der Waals surface area contributed by atoms with Crippen LogP contribution in [0, 0.1) is 0 Å². The number of nitrogens with zero attached hydrogens (tertiary/aromatic N) is 4. The summed E-state index contributed by atoms with van der Waals surface area (Å²) in [6.45, 7) is 2.90. The summed E-state index contributed by atoms with van der Waals surface area (Å²) in [6, 6.07) is 2.26. The first-order valence-electron chi connectivity index (χ1n) is 5.24. The Morgan fingerprint density at radius 1 is 1.56 bits per heavy atom. The molecule has 86 valence electrons. The van der Waals surface area contributed by atoms with Crippen LogP contribution < -0.4 is 5.32 Å². The van der Waals surface area contributed by atoms with Crippen molar-refractivity contribution in [2.75, 3.05) is 6.54 Å². The topological polar surface area (TPSA) is 68.8 Å². The molecule has 0 fully saturated rings. The summed E-state index contributed by atoms with van der Waals surface area (Å²) < 4.78 is 6.78. The van der Waals surface area contributed by atoms with Crippen LogP contribution in [0.4, 0.5) is 0 Å². The summed E-state index contributed by atoms with van der Waals surface area (Å²) in [5.41, 5.74) is 1.16. The zero-order chi connectivity index (χ0) is 11.4. The van der Waals surface area contributed by atoms with E-state index < -0.39 is 0 Å². The van der Waals surface area contributed by atoms with E-state index in [-0.39, 0.29) is 6.04 Å². The van der Waals surface area contributed by atoms with Gasteiger partial charge in [-0.15, -0.1) is 0 Å². The predicted molar refractivity (Wildman–Crippen MR) is 57.6 cm³/mol. The first kappa shape index (κ1) is 10.8. The van der Waals surface area contributed by atoms with Crippen LogP contribution >= 0.6 is 0 Å². The fourth-order valence-electron chi connectivity index (χ4n) is 1.62. The van der Waals surface area contributed by atoms with E-state index in [2.05, 4.69) is 27.5 Å². The minimum Gasteiger partial charge on any atom is -0.340 e. The number of hydrogen-bond acceptors (Lipinski definition) is 5. The largest absolute Gasteiger partial charge is 0.340 e. The van der Waals surface area contributed by atoms with Crippen molar-refractivity contribution < 1.29 is 4.52 Å². The number of aryl methyl sites for hydroxylation is 1. The van der Waals surface area contributed by atoms with Crippen molar-refractivity contribution in [3.63, 3.8) is 0 Å². The molecule has 1 atom stereocenters. The minimum atomic E-state index is 0.260. The Balaban J connectivity index is 1.80. The second-order valence-corrected chi connectivity index (χ2v) is 3.64. The van der Waals surface area contributed by atoms with E-state index in [1.54, 1.807) is 6.20 Å². The number of hydrogen-bond donors (Lipinski definition) is 1. The number of nitrogens with one attached hydrogen (secondary N) is 1. The second-order valence-electron chi connectivity index (χ2n) is 3.64. The lowest BCUT2D eigenvalue weighted by atomic mass is 10.2. The van der Waals surface area contributed by atoms with Gasteiger partial charge in [-0.1, -0.05) is 5.16 Å². The predicted octanol–water partition coefficient (Wildman–Crippen LogP) is 0.696. The molecular weight excluding hydrogens is 206 g/mol. The molecule has 0 amide bonds. The Morgan fingerprint density at radius 2 is 2.44 bits per heavy atom. The van der Waals surface area contributed by atoms with E-state index >= 15 is 0 Å². The third-order valence-corrected chi connectivity index (χ3v) is 2.50. The Kier molecular flexibility index (Phi) is 3.31. The summed E-state index contributed by atoms with van der Waals surface area (Å²) in [6.07, 6.45) is 3.95. The summed E-state index contributed by atoms with van der Waals surface area (Å²) in [7, 11) is 1.94. The van der Waals surface area contributed by atoms with Crippen molar-refractivity contribution >= 4 is 0 Å². The highest BCUT2D eigenvalue weighted by Gasteiger charge is 2.08. The first-order chi connectivity index (χ1) is 7.77. The van der Waals surface area contributed by atoms with Gasteiger partial charge < -0.3 is 9.84 Å². The van der Waals surface area contributed by atoms with Gasteiger partial charge in [-0.3, -0.25) is 4.68 Å². The van der Waals surface area contributed by atoms with Crippen LogP contribution in [0.2, 0.25) is 0 Å². The van der Waals surface area contributed by atoms with Gasteiger partial charge in [0, 0.05) is 32.3 Å². The van der Waals surface area contributed by atoms with Gasteiger partial charge in [0.2, 0.25) is 5.89 Å². The molecule has 0 bridgehead atoms. The number of aromatic nitrogens is 4. The highest BCUT2D eigenvalue weighted by molar-refractivity contribution is 5.05. The van der Waals surface area contributed by atoms with Crippen LogP contribution in [-0.4, -0.2) is 26.5 Å². The zero-order valence-corrected chi connectivity index (χ0v) is 9.42. The lowest BCUT2D eigenvalue weighted by molar-refractivity contribution is 0.372.